The van der Waals surface area contributed by atoms with Crippen LogP contribution in [-0.2, 0) is 4.79 Å². The molecule has 1 aromatic carbocycles. The van der Waals surface area contributed by atoms with Crippen molar-refractivity contribution < 1.29 is 9.72 Å². The number of non-ortho nitro benzene ring substituents is 1. The lowest BCUT2D eigenvalue weighted by Gasteiger charge is -2.04. The molecule has 6 nitrogen and oxygen atoms in total. The number of nitro groups is 1. The van der Waals surface area contributed by atoms with Crippen LogP contribution >= 0.6 is 15.9 Å². The summed E-state index contributed by atoms with van der Waals surface area (Å²) in [7, 11) is 0. The molecule has 0 aliphatic carbocycles. The first-order chi connectivity index (χ1) is 7.45. The van der Waals surface area contributed by atoms with Crippen molar-refractivity contribution >= 4 is 27.5 Å². The van der Waals surface area contributed by atoms with E-state index in [0.717, 1.165) is 6.07 Å². The van der Waals surface area contributed by atoms with Crippen molar-refractivity contribution in [3.05, 3.63) is 44.3 Å². The lowest BCUT2D eigenvalue weighted by molar-refractivity contribution is -0.385. The summed E-state index contributed by atoms with van der Waals surface area (Å²) in [5.41, 5.74) is 4.87. The molecule has 0 saturated heterocycles. The van der Waals surface area contributed by atoms with Crippen molar-refractivity contribution in [3.63, 3.8) is 0 Å². The molecular formula is C9H5BrN3O3. The van der Waals surface area contributed by atoms with E-state index >= 15 is 0 Å². The van der Waals surface area contributed by atoms with Crippen LogP contribution in [0.2, 0.25) is 0 Å². The maximum absolute atomic E-state index is 10.9. The summed E-state index contributed by atoms with van der Waals surface area (Å²) in [6.45, 7) is 0. The van der Waals surface area contributed by atoms with Gasteiger partial charge < -0.3 is 5.73 Å². The van der Waals surface area contributed by atoms with Gasteiger partial charge in [0.2, 0.25) is 5.91 Å². The number of nitro benzene ring substituents is 1. The molecule has 0 atom stereocenters. The molecule has 1 radical (unpaired) electrons. The van der Waals surface area contributed by atoms with Crippen LogP contribution < -0.4 is 5.73 Å². The molecule has 7 heteroatoms. The van der Waals surface area contributed by atoms with Gasteiger partial charge >= 0.3 is 0 Å². The highest BCUT2D eigenvalue weighted by Crippen LogP contribution is 2.25. The summed E-state index contributed by atoms with van der Waals surface area (Å²) in [4.78, 5) is 20.8. The molecule has 2 N–H and O–H groups in total. The van der Waals surface area contributed by atoms with Crippen molar-refractivity contribution in [2.45, 2.75) is 0 Å². The van der Waals surface area contributed by atoms with Crippen molar-refractivity contribution in [1.29, 1.82) is 5.26 Å². The van der Waals surface area contributed by atoms with Crippen LogP contribution in [-0.4, -0.2) is 10.8 Å². The maximum Gasteiger partial charge on any atom is 0.270 e. The Labute approximate surface area is 98.9 Å². The average molecular weight is 283 g/mol. The van der Waals surface area contributed by atoms with Gasteiger partial charge in [-0.25, -0.2) is 0 Å². The van der Waals surface area contributed by atoms with Crippen molar-refractivity contribution in [2.75, 3.05) is 0 Å². The summed E-state index contributed by atoms with van der Waals surface area (Å²) in [6, 6.07) is 5.41. The largest absolute Gasteiger partial charge is 0.368 e. The van der Waals surface area contributed by atoms with E-state index in [1.807, 2.05) is 0 Å². The van der Waals surface area contributed by atoms with E-state index in [-0.39, 0.29) is 17.2 Å². The fourth-order valence-electron chi connectivity index (χ4n) is 1.09. The van der Waals surface area contributed by atoms with E-state index in [1.165, 1.54) is 12.1 Å². The molecule has 1 aromatic rings. The monoisotopic (exact) mass is 282 g/mol. The number of amides is 1. The Kier molecular flexibility index (Phi) is 3.58. The molecule has 1 amide bonds. The standard InChI is InChI=1S/C9H5BrN3O3/c10-6-1-5(8(4-11)9(12)14)2-7(3-6)13(15)16/h1-3H,(H2,12,14). The normalized spacial score (nSPS) is 9.81. The van der Waals surface area contributed by atoms with Crippen LogP contribution in [0.25, 0.3) is 0 Å². The Bertz CT molecular complexity index is 495. The molecule has 0 fully saturated rings. The van der Waals surface area contributed by atoms with Gasteiger partial charge in [-0.3, -0.25) is 14.9 Å². The third-order valence-electron chi connectivity index (χ3n) is 1.74. The molecule has 0 heterocycles. The molecule has 0 aromatic heterocycles. The number of nitriles is 1. The van der Waals surface area contributed by atoms with E-state index in [0.29, 0.717) is 4.47 Å². The van der Waals surface area contributed by atoms with Gasteiger partial charge in [-0.05, 0) is 11.6 Å². The zero-order valence-corrected chi connectivity index (χ0v) is 9.39. The third kappa shape index (κ3) is 2.55. The fraction of sp³-hybridized carbons (Fsp3) is 0. The van der Waals surface area contributed by atoms with Crippen molar-refractivity contribution in [1.82, 2.24) is 0 Å². The van der Waals surface area contributed by atoms with Crippen LogP contribution in [0, 0.1) is 27.4 Å². The van der Waals surface area contributed by atoms with E-state index in [1.54, 1.807) is 6.07 Å². The Morgan fingerprint density at radius 1 is 1.50 bits per heavy atom. The maximum atomic E-state index is 10.9. The number of benzene rings is 1. The van der Waals surface area contributed by atoms with Crippen LogP contribution in [0.1, 0.15) is 5.56 Å². The first kappa shape index (κ1) is 12.1. The SMILES string of the molecule is N#C[C](C(N)=O)c1cc(Br)cc([N+](=O)[O-])c1. The minimum absolute atomic E-state index is 0.121. The van der Waals surface area contributed by atoms with E-state index < -0.39 is 10.8 Å². The number of rotatable bonds is 3. The molecule has 0 aliphatic rings. The van der Waals surface area contributed by atoms with E-state index in [2.05, 4.69) is 15.9 Å². The Morgan fingerprint density at radius 3 is 2.56 bits per heavy atom. The van der Waals surface area contributed by atoms with Crippen LogP contribution in [0.15, 0.2) is 22.7 Å². The summed E-state index contributed by atoms with van der Waals surface area (Å²) < 4.78 is 0.394. The summed E-state index contributed by atoms with van der Waals surface area (Å²) in [6.07, 6.45) is 0. The molecule has 0 spiro atoms. The quantitative estimate of drug-likeness (QED) is 0.665. The molecule has 81 valence electrons. The Balaban J connectivity index is 3.29. The van der Waals surface area contributed by atoms with Gasteiger partial charge in [-0.2, -0.15) is 5.26 Å². The molecule has 16 heavy (non-hydrogen) atoms. The minimum Gasteiger partial charge on any atom is -0.368 e. The number of carbonyl (C=O) groups is 1. The van der Waals surface area contributed by atoms with E-state index in [4.69, 9.17) is 11.0 Å². The highest BCUT2D eigenvalue weighted by atomic mass is 79.9. The average Bonchev–Trinajstić information content (AvgIpc) is 2.17. The highest BCUT2D eigenvalue weighted by Gasteiger charge is 2.21. The second-order valence-corrected chi connectivity index (χ2v) is 3.72. The fourth-order valence-corrected chi connectivity index (χ4v) is 1.57. The summed E-state index contributed by atoms with van der Waals surface area (Å²) in [5, 5.41) is 19.3. The zero-order chi connectivity index (χ0) is 12.3. The summed E-state index contributed by atoms with van der Waals surface area (Å²) >= 11 is 3.05. The van der Waals surface area contributed by atoms with Gasteiger partial charge in [-0.1, -0.05) is 15.9 Å². The van der Waals surface area contributed by atoms with Gasteiger partial charge in [0.05, 0.1) is 11.0 Å². The minimum atomic E-state index is -0.921. The molecule has 1 rings (SSSR count). The third-order valence-corrected chi connectivity index (χ3v) is 2.20. The Hall–Kier alpha value is -1.94. The van der Waals surface area contributed by atoms with Crippen LogP contribution in [0.4, 0.5) is 5.69 Å². The Morgan fingerprint density at radius 2 is 2.12 bits per heavy atom. The number of halogens is 1. The van der Waals surface area contributed by atoms with Gasteiger partial charge in [-0.15, -0.1) is 0 Å². The number of hydrogen-bond donors (Lipinski definition) is 1. The zero-order valence-electron chi connectivity index (χ0n) is 7.81. The summed E-state index contributed by atoms with van der Waals surface area (Å²) in [5.74, 6) is -1.24. The second-order valence-electron chi connectivity index (χ2n) is 2.81. The molecule has 0 aliphatic heterocycles. The van der Waals surface area contributed by atoms with Crippen molar-refractivity contribution in [2.24, 2.45) is 5.73 Å². The van der Waals surface area contributed by atoms with Gasteiger partial charge in [0.15, 0.2) is 5.92 Å². The van der Waals surface area contributed by atoms with Gasteiger partial charge in [0, 0.05) is 16.6 Å². The molecule has 0 bridgehead atoms. The first-order valence-corrected chi connectivity index (χ1v) is 4.77. The van der Waals surface area contributed by atoms with Crippen molar-refractivity contribution in [3.8, 4) is 6.07 Å². The van der Waals surface area contributed by atoms with Gasteiger partial charge in [0.25, 0.3) is 5.69 Å². The lowest BCUT2D eigenvalue weighted by atomic mass is 10.00. The number of nitrogens with zero attached hydrogens (tertiary/aromatic N) is 2. The molecular weight excluding hydrogens is 278 g/mol. The lowest BCUT2D eigenvalue weighted by Crippen LogP contribution is -2.20. The molecule has 0 unspecified atom stereocenters. The number of hydrogen-bond acceptors (Lipinski definition) is 4. The number of primary amides is 1. The smallest absolute Gasteiger partial charge is 0.270 e. The first-order valence-electron chi connectivity index (χ1n) is 3.98. The highest BCUT2D eigenvalue weighted by molar-refractivity contribution is 9.10. The topological polar surface area (TPSA) is 110 Å². The number of carbonyl (C=O) groups excluding carboxylic acids is 1. The number of nitrogens with two attached hydrogens (primary N) is 1. The van der Waals surface area contributed by atoms with E-state index in [9.17, 15) is 14.9 Å². The predicted octanol–water partition coefficient (Wildman–Crippen LogP) is 1.29. The molecule has 0 saturated carbocycles. The van der Waals surface area contributed by atoms with Crippen LogP contribution in [0.5, 0.6) is 0 Å². The predicted molar refractivity (Wildman–Crippen MR) is 57.9 cm³/mol. The second kappa shape index (κ2) is 4.72. The van der Waals surface area contributed by atoms with Crippen LogP contribution in [0.3, 0.4) is 0 Å². The van der Waals surface area contributed by atoms with Gasteiger partial charge in [0.1, 0.15) is 0 Å².